The summed E-state index contributed by atoms with van der Waals surface area (Å²) in [6.45, 7) is 1.41. The lowest BCUT2D eigenvalue weighted by atomic mass is 9.94. The number of hydrogen-bond donors (Lipinski definition) is 0. The summed E-state index contributed by atoms with van der Waals surface area (Å²) in [6.07, 6.45) is 5.21. The van der Waals surface area contributed by atoms with Crippen LogP contribution < -0.4 is 0 Å². The zero-order chi connectivity index (χ0) is 19.0. The molecule has 1 atom stereocenters. The van der Waals surface area contributed by atoms with Crippen LogP contribution in [0.3, 0.4) is 0 Å². The normalized spacial score (nSPS) is 17.3. The number of aromatic nitrogens is 3. The van der Waals surface area contributed by atoms with Crippen molar-refractivity contribution < 1.29 is 9.59 Å². The molecule has 4 heterocycles. The van der Waals surface area contributed by atoms with Gasteiger partial charge >= 0.3 is 0 Å². The Labute approximate surface area is 161 Å². The van der Waals surface area contributed by atoms with E-state index in [9.17, 15) is 9.59 Å². The third-order valence-electron chi connectivity index (χ3n) is 4.93. The summed E-state index contributed by atoms with van der Waals surface area (Å²) in [7, 11) is 3.43. The van der Waals surface area contributed by atoms with Gasteiger partial charge in [0.05, 0.1) is 16.8 Å². The number of rotatable bonds is 3. The van der Waals surface area contributed by atoms with Crippen molar-refractivity contribution in [3.05, 3.63) is 52.1 Å². The van der Waals surface area contributed by atoms with E-state index in [1.54, 1.807) is 31.0 Å². The summed E-state index contributed by atoms with van der Waals surface area (Å²) in [6, 6.07) is 5.71. The van der Waals surface area contributed by atoms with Crippen LogP contribution in [0.2, 0.25) is 0 Å². The predicted octanol–water partition coefficient (Wildman–Crippen LogP) is 2.51. The van der Waals surface area contributed by atoms with E-state index >= 15 is 0 Å². The molecule has 0 saturated carbocycles. The van der Waals surface area contributed by atoms with E-state index in [4.69, 9.17) is 0 Å². The van der Waals surface area contributed by atoms with Crippen molar-refractivity contribution in [1.82, 2.24) is 24.4 Å². The van der Waals surface area contributed by atoms with Crippen LogP contribution in [0, 0.1) is 0 Å². The zero-order valence-corrected chi connectivity index (χ0v) is 16.1. The van der Waals surface area contributed by atoms with Gasteiger partial charge in [0.15, 0.2) is 5.65 Å². The maximum atomic E-state index is 12.7. The van der Waals surface area contributed by atoms with Crippen LogP contribution in [0.1, 0.15) is 44.5 Å². The molecule has 140 valence electrons. The molecule has 2 amide bonds. The van der Waals surface area contributed by atoms with Crippen LogP contribution in [-0.2, 0) is 0 Å². The van der Waals surface area contributed by atoms with Gasteiger partial charge in [0, 0.05) is 39.3 Å². The average molecular weight is 383 g/mol. The summed E-state index contributed by atoms with van der Waals surface area (Å²) in [5.41, 5.74) is 2.04. The molecule has 4 rings (SSSR count). The topological polar surface area (TPSA) is 70.8 Å². The van der Waals surface area contributed by atoms with E-state index in [0.717, 1.165) is 30.0 Å². The summed E-state index contributed by atoms with van der Waals surface area (Å²) in [5, 5.41) is 6.35. The molecule has 8 heteroatoms. The van der Waals surface area contributed by atoms with Crippen LogP contribution in [0.15, 0.2) is 36.0 Å². The van der Waals surface area contributed by atoms with E-state index < -0.39 is 0 Å². The largest absolute Gasteiger partial charge is 0.345 e. The van der Waals surface area contributed by atoms with Crippen LogP contribution in [0.25, 0.3) is 5.65 Å². The molecular weight excluding hydrogens is 362 g/mol. The van der Waals surface area contributed by atoms with Gasteiger partial charge in [0.1, 0.15) is 5.56 Å². The number of likely N-dealkylation sites (tertiary alicyclic amines) is 1. The number of hydrogen-bond acceptors (Lipinski definition) is 5. The first-order valence-electron chi connectivity index (χ1n) is 8.93. The molecule has 1 unspecified atom stereocenters. The van der Waals surface area contributed by atoms with Gasteiger partial charge in [-0.2, -0.15) is 5.10 Å². The van der Waals surface area contributed by atoms with E-state index in [1.165, 1.54) is 16.2 Å². The maximum absolute atomic E-state index is 12.7. The summed E-state index contributed by atoms with van der Waals surface area (Å²) in [5.74, 6) is 0.132. The number of piperidine rings is 1. The highest BCUT2D eigenvalue weighted by Gasteiger charge is 2.28. The highest BCUT2D eigenvalue weighted by atomic mass is 32.1. The van der Waals surface area contributed by atoms with Gasteiger partial charge in [-0.15, -0.1) is 11.3 Å². The Hall–Kier alpha value is -2.74. The van der Waals surface area contributed by atoms with Gasteiger partial charge in [0.2, 0.25) is 0 Å². The van der Waals surface area contributed by atoms with Gasteiger partial charge in [-0.25, -0.2) is 9.50 Å². The molecule has 0 radical (unpaired) electrons. The molecule has 0 aliphatic carbocycles. The fourth-order valence-corrected chi connectivity index (χ4v) is 4.26. The fraction of sp³-hybridized carbons (Fsp3) is 0.368. The van der Waals surface area contributed by atoms with Crippen LogP contribution in [0.5, 0.6) is 0 Å². The minimum atomic E-state index is -0.118. The van der Waals surface area contributed by atoms with E-state index in [-0.39, 0.29) is 17.7 Å². The maximum Gasteiger partial charge on any atom is 0.263 e. The summed E-state index contributed by atoms with van der Waals surface area (Å²) < 4.78 is 1.75. The molecule has 0 spiro atoms. The molecule has 1 aliphatic rings. The van der Waals surface area contributed by atoms with Crippen LogP contribution in [0.4, 0.5) is 0 Å². The van der Waals surface area contributed by atoms with E-state index in [1.807, 2.05) is 28.5 Å². The molecule has 27 heavy (non-hydrogen) atoms. The first-order chi connectivity index (χ1) is 13.1. The second-order valence-electron chi connectivity index (χ2n) is 6.93. The van der Waals surface area contributed by atoms with Crippen molar-refractivity contribution in [2.45, 2.75) is 18.8 Å². The Morgan fingerprint density at radius 1 is 1.30 bits per heavy atom. The number of amides is 2. The van der Waals surface area contributed by atoms with Crippen molar-refractivity contribution >= 4 is 28.8 Å². The van der Waals surface area contributed by atoms with Crippen molar-refractivity contribution in [3.63, 3.8) is 0 Å². The Morgan fingerprint density at radius 2 is 2.15 bits per heavy atom. The molecule has 3 aromatic heterocycles. The first-order valence-corrected chi connectivity index (χ1v) is 9.81. The minimum absolute atomic E-state index is 0.0870. The molecule has 1 fully saturated rings. The monoisotopic (exact) mass is 383 g/mol. The van der Waals surface area contributed by atoms with Crippen molar-refractivity contribution in [2.75, 3.05) is 27.2 Å². The highest BCUT2D eigenvalue weighted by molar-refractivity contribution is 7.12. The van der Waals surface area contributed by atoms with Gasteiger partial charge in [-0.3, -0.25) is 9.59 Å². The molecular formula is C19H21N5O2S. The second kappa shape index (κ2) is 7.11. The molecule has 0 aromatic carbocycles. The average Bonchev–Trinajstić information content (AvgIpc) is 3.36. The van der Waals surface area contributed by atoms with Crippen molar-refractivity contribution in [2.24, 2.45) is 0 Å². The van der Waals surface area contributed by atoms with Crippen LogP contribution in [-0.4, -0.2) is 63.4 Å². The Balaban J connectivity index is 1.64. The van der Waals surface area contributed by atoms with Crippen molar-refractivity contribution in [1.29, 1.82) is 0 Å². The Kier molecular flexibility index (Phi) is 4.65. The molecule has 1 aliphatic heterocycles. The Morgan fingerprint density at radius 3 is 2.89 bits per heavy atom. The SMILES string of the molecule is CN(C)C(=O)c1cnn2c(C3CCCN(C(=O)c4cccs4)C3)ccnc12. The summed E-state index contributed by atoms with van der Waals surface area (Å²) >= 11 is 1.47. The molecule has 3 aromatic rings. The Bertz CT molecular complexity index is 979. The standard InChI is InChI=1S/C19H21N5O2S/c1-22(2)18(25)14-11-21-24-15(7-8-20-17(14)24)13-5-3-9-23(12-13)19(26)16-6-4-10-27-16/h4,6-8,10-11,13H,3,5,9,12H2,1-2H3. The smallest absolute Gasteiger partial charge is 0.263 e. The number of thiophene rings is 1. The predicted molar refractivity (Wildman–Crippen MR) is 103 cm³/mol. The molecule has 1 saturated heterocycles. The lowest BCUT2D eigenvalue weighted by Crippen LogP contribution is -2.39. The first kappa shape index (κ1) is 17.7. The lowest BCUT2D eigenvalue weighted by Gasteiger charge is -2.32. The molecule has 0 bridgehead atoms. The quantitative estimate of drug-likeness (QED) is 0.697. The summed E-state index contributed by atoms with van der Waals surface area (Å²) in [4.78, 5) is 33.7. The van der Waals surface area contributed by atoms with E-state index in [0.29, 0.717) is 17.8 Å². The second-order valence-corrected chi connectivity index (χ2v) is 7.88. The van der Waals surface area contributed by atoms with Gasteiger partial charge in [0.25, 0.3) is 11.8 Å². The third-order valence-corrected chi connectivity index (χ3v) is 5.78. The highest BCUT2D eigenvalue weighted by Crippen LogP contribution is 2.29. The molecule has 7 nitrogen and oxygen atoms in total. The van der Waals surface area contributed by atoms with Gasteiger partial charge in [-0.05, 0) is 30.4 Å². The zero-order valence-electron chi connectivity index (χ0n) is 15.3. The third kappa shape index (κ3) is 3.21. The van der Waals surface area contributed by atoms with Gasteiger partial charge < -0.3 is 9.80 Å². The number of carbonyl (C=O) groups is 2. The molecule has 0 N–H and O–H groups in total. The van der Waals surface area contributed by atoms with Crippen molar-refractivity contribution in [3.8, 4) is 0 Å². The van der Waals surface area contributed by atoms with Gasteiger partial charge in [-0.1, -0.05) is 6.07 Å². The van der Waals surface area contributed by atoms with Crippen LogP contribution >= 0.6 is 11.3 Å². The number of carbonyl (C=O) groups excluding carboxylic acids is 2. The fourth-order valence-electron chi connectivity index (χ4n) is 3.57. The van der Waals surface area contributed by atoms with E-state index in [2.05, 4.69) is 10.1 Å². The number of nitrogens with zero attached hydrogens (tertiary/aromatic N) is 5. The minimum Gasteiger partial charge on any atom is -0.345 e. The number of fused-ring (bicyclic) bond motifs is 1. The lowest BCUT2D eigenvalue weighted by molar-refractivity contribution is 0.0710.